The van der Waals surface area contributed by atoms with E-state index in [1.807, 2.05) is 0 Å². The van der Waals surface area contributed by atoms with Crippen LogP contribution in [0.15, 0.2) is 0 Å². The van der Waals surface area contributed by atoms with Crippen molar-refractivity contribution in [3.8, 4) is 0 Å². The minimum absolute atomic E-state index is 0.284. The first-order valence-electron chi connectivity index (χ1n) is 3.35. The summed E-state index contributed by atoms with van der Waals surface area (Å²) in [4.78, 5) is 10.6. The third kappa shape index (κ3) is 7.08. The van der Waals surface area contributed by atoms with Crippen LogP contribution in [0, 0.1) is 0 Å². The van der Waals surface area contributed by atoms with E-state index >= 15 is 0 Å². The molecule has 11 heavy (non-hydrogen) atoms. The summed E-state index contributed by atoms with van der Waals surface area (Å²) in [5.41, 5.74) is 0. The highest BCUT2D eigenvalue weighted by Crippen LogP contribution is 1.76. The van der Waals surface area contributed by atoms with Gasteiger partial charge < -0.3 is 20.1 Å². The van der Waals surface area contributed by atoms with Crippen molar-refractivity contribution in [2.24, 2.45) is 0 Å². The highest BCUT2D eigenvalue weighted by atomic mass is 16.6. The molecule has 0 heterocycles. The Hall–Kier alpha value is -0.810. The van der Waals surface area contributed by atoms with Crippen molar-refractivity contribution in [1.29, 1.82) is 0 Å². The van der Waals surface area contributed by atoms with Crippen LogP contribution in [0.3, 0.4) is 0 Å². The van der Waals surface area contributed by atoms with Crippen LogP contribution >= 0.6 is 0 Å². The van der Waals surface area contributed by atoms with Crippen LogP contribution in [0.25, 0.3) is 0 Å². The Morgan fingerprint density at radius 1 is 1.45 bits per heavy atom. The Labute approximate surface area is 66.1 Å². The molecule has 0 unspecified atom stereocenters. The number of carbonyl (C=O) groups is 1. The van der Waals surface area contributed by atoms with E-state index in [1.165, 1.54) is 0 Å². The molecule has 0 aliphatic heterocycles. The van der Waals surface area contributed by atoms with E-state index in [9.17, 15) is 4.79 Å². The van der Waals surface area contributed by atoms with Crippen LogP contribution in [0.1, 0.15) is 0 Å². The molecule has 66 valence electrons. The van der Waals surface area contributed by atoms with E-state index in [4.69, 9.17) is 0 Å². The second-order valence-corrected chi connectivity index (χ2v) is 1.84. The van der Waals surface area contributed by atoms with Gasteiger partial charge in [0, 0.05) is 7.11 Å². The van der Waals surface area contributed by atoms with Crippen LogP contribution in [-0.2, 0) is 9.47 Å². The minimum Gasteiger partial charge on any atom is -0.447 e. The summed E-state index contributed by atoms with van der Waals surface area (Å²) in [7, 11) is 3.28. The summed E-state index contributed by atoms with van der Waals surface area (Å²) in [6, 6.07) is 0. The lowest BCUT2D eigenvalue weighted by Gasteiger charge is -2.04. The molecule has 0 radical (unpaired) electrons. The summed E-state index contributed by atoms with van der Waals surface area (Å²) in [6.07, 6.45) is -0.434. The molecular formula is C6H14N2O3. The lowest BCUT2D eigenvalue weighted by Crippen LogP contribution is -2.32. The summed E-state index contributed by atoms with van der Waals surface area (Å²) < 4.78 is 9.35. The summed E-state index contributed by atoms with van der Waals surface area (Å²) >= 11 is 0. The Morgan fingerprint density at radius 3 is 2.73 bits per heavy atom. The highest BCUT2D eigenvalue weighted by Gasteiger charge is 1.97. The van der Waals surface area contributed by atoms with Gasteiger partial charge in [0.25, 0.3) is 0 Å². The van der Waals surface area contributed by atoms with E-state index in [0.717, 1.165) is 0 Å². The quantitative estimate of drug-likeness (QED) is 0.424. The first kappa shape index (κ1) is 10.2. The first-order chi connectivity index (χ1) is 5.31. The molecule has 0 aromatic carbocycles. The van der Waals surface area contributed by atoms with Crippen molar-refractivity contribution in [2.45, 2.75) is 0 Å². The van der Waals surface area contributed by atoms with Crippen LogP contribution in [0.4, 0.5) is 4.79 Å². The van der Waals surface area contributed by atoms with Gasteiger partial charge in [0.1, 0.15) is 6.61 Å². The van der Waals surface area contributed by atoms with Gasteiger partial charge in [0.2, 0.25) is 0 Å². The number of amides is 1. The first-order valence-corrected chi connectivity index (χ1v) is 3.35. The SMILES string of the molecule is CNCNC(=O)OCCOC. The number of nitrogens with one attached hydrogen (secondary N) is 2. The van der Waals surface area contributed by atoms with Crippen molar-refractivity contribution in [3.63, 3.8) is 0 Å². The van der Waals surface area contributed by atoms with Crippen molar-refractivity contribution in [2.75, 3.05) is 34.0 Å². The molecule has 0 rings (SSSR count). The van der Waals surface area contributed by atoms with Gasteiger partial charge in [-0.05, 0) is 7.05 Å². The monoisotopic (exact) mass is 162 g/mol. The molecule has 0 fully saturated rings. The van der Waals surface area contributed by atoms with E-state index in [-0.39, 0.29) is 6.61 Å². The Bertz CT molecular complexity index is 108. The Morgan fingerprint density at radius 2 is 2.18 bits per heavy atom. The lowest BCUT2D eigenvalue weighted by molar-refractivity contribution is 0.0983. The summed E-state index contributed by atoms with van der Waals surface area (Å²) in [5.74, 6) is 0. The van der Waals surface area contributed by atoms with Gasteiger partial charge in [-0.1, -0.05) is 0 Å². The van der Waals surface area contributed by atoms with Gasteiger partial charge >= 0.3 is 6.09 Å². The predicted octanol–water partition coefficient (Wildman–Crippen LogP) is -0.464. The topological polar surface area (TPSA) is 59.6 Å². The van der Waals surface area contributed by atoms with Crippen LogP contribution in [0.2, 0.25) is 0 Å². The molecular weight excluding hydrogens is 148 g/mol. The number of hydrogen-bond donors (Lipinski definition) is 2. The fourth-order valence-electron chi connectivity index (χ4n) is 0.429. The molecule has 5 nitrogen and oxygen atoms in total. The van der Waals surface area contributed by atoms with Crippen LogP contribution in [0.5, 0.6) is 0 Å². The molecule has 0 saturated carbocycles. The number of ether oxygens (including phenoxy) is 2. The molecule has 0 aliphatic carbocycles. The molecule has 0 saturated heterocycles. The maximum absolute atomic E-state index is 10.6. The molecule has 1 amide bonds. The molecule has 0 aromatic heterocycles. The van der Waals surface area contributed by atoms with Gasteiger partial charge in [-0.25, -0.2) is 4.79 Å². The Kier molecular flexibility index (Phi) is 6.76. The predicted molar refractivity (Wildman–Crippen MR) is 40.3 cm³/mol. The zero-order chi connectivity index (χ0) is 8.53. The lowest BCUT2D eigenvalue weighted by atomic mass is 10.8. The number of alkyl carbamates (subject to hydrolysis) is 1. The fraction of sp³-hybridized carbons (Fsp3) is 0.833. The summed E-state index contributed by atoms with van der Waals surface area (Å²) in [5, 5.41) is 5.21. The van der Waals surface area contributed by atoms with E-state index in [2.05, 4.69) is 20.1 Å². The molecule has 0 aliphatic rings. The van der Waals surface area contributed by atoms with Crippen LogP contribution in [-0.4, -0.2) is 40.1 Å². The minimum atomic E-state index is -0.434. The number of rotatable bonds is 5. The van der Waals surface area contributed by atoms with E-state index < -0.39 is 6.09 Å². The van der Waals surface area contributed by atoms with Gasteiger partial charge in [-0.2, -0.15) is 0 Å². The van der Waals surface area contributed by atoms with Crippen molar-refractivity contribution in [1.82, 2.24) is 10.6 Å². The smallest absolute Gasteiger partial charge is 0.408 e. The third-order valence-electron chi connectivity index (χ3n) is 0.930. The zero-order valence-electron chi connectivity index (χ0n) is 6.85. The third-order valence-corrected chi connectivity index (χ3v) is 0.930. The molecule has 0 aromatic rings. The van der Waals surface area contributed by atoms with Crippen molar-refractivity contribution in [3.05, 3.63) is 0 Å². The molecule has 0 bridgehead atoms. The van der Waals surface area contributed by atoms with Crippen LogP contribution < -0.4 is 10.6 Å². The van der Waals surface area contributed by atoms with Gasteiger partial charge in [-0.15, -0.1) is 0 Å². The maximum Gasteiger partial charge on any atom is 0.408 e. The number of methoxy groups -OCH3 is 1. The molecule has 0 atom stereocenters. The standard InChI is InChI=1S/C6H14N2O3/c1-7-5-8-6(9)11-4-3-10-2/h7H,3-5H2,1-2H3,(H,8,9). The number of hydrogen-bond acceptors (Lipinski definition) is 4. The highest BCUT2D eigenvalue weighted by molar-refractivity contribution is 5.66. The van der Waals surface area contributed by atoms with E-state index in [1.54, 1.807) is 14.2 Å². The summed E-state index contributed by atoms with van der Waals surface area (Å²) in [6.45, 7) is 1.12. The van der Waals surface area contributed by atoms with Gasteiger partial charge in [-0.3, -0.25) is 0 Å². The normalized spacial score (nSPS) is 9.27. The van der Waals surface area contributed by atoms with Gasteiger partial charge in [0.15, 0.2) is 0 Å². The molecule has 5 heteroatoms. The van der Waals surface area contributed by atoms with Crippen molar-refractivity contribution < 1.29 is 14.3 Å². The average Bonchev–Trinajstić information content (AvgIpc) is 2.01. The van der Waals surface area contributed by atoms with Gasteiger partial charge in [0.05, 0.1) is 13.3 Å². The molecule has 2 N–H and O–H groups in total. The average molecular weight is 162 g/mol. The largest absolute Gasteiger partial charge is 0.447 e. The van der Waals surface area contributed by atoms with E-state index in [0.29, 0.717) is 13.3 Å². The maximum atomic E-state index is 10.6. The second kappa shape index (κ2) is 7.30. The molecule has 0 spiro atoms. The Balaban J connectivity index is 3.09. The zero-order valence-corrected chi connectivity index (χ0v) is 6.85. The van der Waals surface area contributed by atoms with Crippen molar-refractivity contribution >= 4 is 6.09 Å². The second-order valence-electron chi connectivity index (χ2n) is 1.84. The number of carbonyl (C=O) groups excluding carboxylic acids is 1. The fourth-order valence-corrected chi connectivity index (χ4v) is 0.429.